The molecular weight excluding hydrogens is 268 g/mol. The van der Waals surface area contributed by atoms with Gasteiger partial charge in [0.25, 0.3) is 0 Å². The molecule has 0 bridgehead atoms. The van der Waals surface area contributed by atoms with Crippen molar-refractivity contribution in [3.8, 4) is 0 Å². The van der Waals surface area contributed by atoms with Crippen LogP contribution in [0.15, 0.2) is 0 Å². The first-order valence-corrected chi connectivity index (χ1v) is 8.42. The Morgan fingerprint density at radius 1 is 0.952 bits per heavy atom. The Balaban J connectivity index is 1.55. The van der Waals surface area contributed by atoms with Crippen molar-refractivity contribution in [3.05, 3.63) is 0 Å². The van der Waals surface area contributed by atoms with Crippen molar-refractivity contribution >= 4 is 12.0 Å². The average molecular weight is 294 g/mol. The third-order valence-electron chi connectivity index (χ3n) is 5.59. The molecule has 0 radical (unpaired) electrons. The number of carbonyl (C=O) groups is 2. The predicted molar refractivity (Wildman–Crippen MR) is 79.0 cm³/mol. The van der Waals surface area contributed by atoms with E-state index in [-0.39, 0.29) is 18.4 Å². The Morgan fingerprint density at radius 3 is 2.38 bits per heavy atom. The largest absolute Gasteiger partial charge is 0.481 e. The molecule has 3 rings (SSSR count). The number of hydrogen-bond acceptors (Lipinski definition) is 2. The summed E-state index contributed by atoms with van der Waals surface area (Å²) in [5.41, 5.74) is 0. The van der Waals surface area contributed by atoms with Crippen LogP contribution in [0, 0.1) is 11.8 Å². The molecule has 0 aromatic heterocycles. The highest BCUT2D eigenvalue weighted by Gasteiger charge is 2.39. The zero-order chi connectivity index (χ0) is 14.8. The van der Waals surface area contributed by atoms with E-state index in [1.807, 2.05) is 4.90 Å². The highest BCUT2D eigenvalue weighted by molar-refractivity contribution is 5.75. The van der Waals surface area contributed by atoms with Gasteiger partial charge in [0.15, 0.2) is 0 Å². The van der Waals surface area contributed by atoms with Gasteiger partial charge in [-0.05, 0) is 50.4 Å². The van der Waals surface area contributed by atoms with E-state index < -0.39 is 5.97 Å². The first-order valence-electron chi connectivity index (χ1n) is 8.42. The molecule has 0 aromatic carbocycles. The van der Waals surface area contributed by atoms with Crippen LogP contribution >= 0.6 is 0 Å². The van der Waals surface area contributed by atoms with Gasteiger partial charge in [-0.3, -0.25) is 4.79 Å². The number of carbonyl (C=O) groups excluding carboxylic acids is 1. The summed E-state index contributed by atoms with van der Waals surface area (Å²) < 4.78 is 0. The molecule has 5 heteroatoms. The summed E-state index contributed by atoms with van der Waals surface area (Å²) in [6, 6.07) is 0.684. The number of amides is 2. The van der Waals surface area contributed by atoms with Crippen LogP contribution in [-0.4, -0.2) is 52.6 Å². The molecule has 2 aliphatic heterocycles. The van der Waals surface area contributed by atoms with Crippen LogP contribution in [0.3, 0.4) is 0 Å². The lowest BCUT2D eigenvalue weighted by molar-refractivity contribution is -0.138. The van der Waals surface area contributed by atoms with E-state index in [9.17, 15) is 9.59 Å². The van der Waals surface area contributed by atoms with Crippen molar-refractivity contribution in [1.82, 2.24) is 9.80 Å². The average Bonchev–Trinajstić information content (AvgIpc) is 2.95. The summed E-state index contributed by atoms with van der Waals surface area (Å²) in [6.07, 6.45) is 8.06. The zero-order valence-corrected chi connectivity index (χ0v) is 12.7. The summed E-state index contributed by atoms with van der Waals surface area (Å²) in [6.45, 7) is 2.37. The SMILES string of the molecule is O=C(O)CC1CCN(C(=O)N2CCCC3CCCC32)CC1. The molecule has 2 amide bonds. The summed E-state index contributed by atoms with van der Waals surface area (Å²) in [7, 11) is 0. The molecule has 2 unspecified atom stereocenters. The second kappa shape index (κ2) is 6.24. The van der Waals surface area contributed by atoms with E-state index in [0.717, 1.165) is 44.8 Å². The number of urea groups is 1. The number of fused-ring (bicyclic) bond motifs is 1. The fraction of sp³-hybridized carbons (Fsp3) is 0.875. The maximum atomic E-state index is 12.8. The lowest BCUT2D eigenvalue weighted by Gasteiger charge is -2.42. The summed E-state index contributed by atoms with van der Waals surface area (Å²) >= 11 is 0. The highest BCUT2D eigenvalue weighted by atomic mass is 16.4. The van der Waals surface area contributed by atoms with Gasteiger partial charge in [-0.2, -0.15) is 0 Å². The third-order valence-corrected chi connectivity index (χ3v) is 5.59. The normalized spacial score (nSPS) is 30.3. The van der Waals surface area contributed by atoms with Crippen LogP contribution in [0.25, 0.3) is 0 Å². The second-order valence-corrected chi connectivity index (χ2v) is 6.90. The number of hydrogen-bond donors (Lipinski definition) is 1. The van der Waals surface area contributed by atoms with Crippen LogP contribution in [0.5, 0.6) is 0 Å². The first kappa shape index (κ1) is 14.7. The molecule has 2 atom stereocenters. The van der Waals surface area contributed by atoms with Crippen LogP contribution in [0.2, 0.25) is 0 Å². The lowest BCUT2D eigenvalue weighted by Crippen LogP contribution is -2.53. The minimum atomic E-state index is -0.718. The van der Waals surface area contributed by atoms with E-state index in [0.29, 0.717) is 6.04 Å². The molecule has 21 heavy (non-hydrogen) atoms. The van der Waals surface area contributed by atoms with Gasteiger partial charge in [0.2, 0.25) is 0 Å². The molecule has 1 N–H and O–H groups in total. The predicted octanol–water partition coefficient (Wildman–Crippen LogP) is 2.56. The summed E-state index contributed by atoms with van der Waals surface area (Å²) in [5, 5.41) is 8.86. The number of piperidine rings is 2. The van der Waals surface area contributed by atoms with Gasteiger partial charge in [0.1, 0.15) is 0 Å². The second-order valence-electron chi connectivity index (χ2n) is 6.90. The summed E-state index contributed by atoms with van der Waals surface area (Å²) in [4.78, 5) is 27.6. The number of nitrogens with zero attached hydrogens (tertiary/aromatic N) is 2. The summed E-state index contributed by atoms with van der Waals surface area (Å²) in [5.74, 6) is 0.254. The smallest absolute Gasteiger partial charge is 0.320 e. The molecule has 2 heterocycles. The van der Waals surface area contributed by atoms with E-state index in [1.54, 1.807) is 0 Å². The van der Waals surface area contributed by atoms with Gasteiger partial charge < -0.3 is 14.9 Å². The number of likely N-dealkylation sites (tertiary alicyclic amines) is 2. The van der Waals surface area contributed by atoms with Crippen LogP contribution in [0.1, 0.15) is 51.4 Å². The lowest BCUT2D eigenvalue weighted by atomic mass is 9.91. The number of aliphatic carboxylic acids is 1. The Kier molecular flexibility index (Phi) is 4.36. The van der Waals surface area contributed by atoms with E-state index in [2.05, 4.69) is 4.90 Å². The maximum absolute atomic E-state index is 12.8. The number of carboxylic acids is 1. The van der Waals surface area contributed by atoms with Crippen molar-refractivity contribution in [2.45, 2.75) is 57.4 Å². The van der Waals surface area contributed by atoms with Gasteiger partial charge in [-0.1, -0.05) is 6.42 Å². The van der Waals surface area contributed by atoms with E-state index in [1.165, 1.54) is 25.7 Å². The van der Waals surface area contributed by atoms with Gasteiger partial charge in [0, 0.05) is 32.1 Å². The fourth-order valence-electron chi connectivity index (χ4n) is 4.45. The van der Waals surface area contributed by atoms with Gasteiger partial charge in [0.05, 0.1) is 0 Å². The van der Waals surface area contributed by atoms with Crippen molar-refractivity contribution in [1.29, 1.82) is 0 Å². The molecule has 0 aromatic rings. The van der Waals surface area contributed by atoms with Crippen molar-refractivity contribution in [3.63, 3.8) is 0 Å². The minimum absolute atomic E-state index is 0.209. The molecule has 1 aliphatic carbocycles. The van der Waals surface area contributed by atoms with Crippen molar-refractivity contribution in [2.75, 3.05) is 19.6 Å². The Labute approximate surface area is 126 Å². The van der Waals surface area contributed by atoms with Gasteiger partial charge in [-0.25, -0.2) is 4.79 Å². The van der Waals surface area contributed by atoms with Crippen molar-refractivity contribution < 1.29 is 14.7 Å². The highest BCUT2D eigenvalue weighted by Crippen LogP contribution is 2.37. The van der Waals surface area contributed by atoms with Crippen molar-refractivity contribution in [2.24, 2.45) is 11.8 Å². The van der Waals surface area contributed by atoms with Gasteiger partial charge >= 0.3 is 12.0 Å². The topological polar surface area (TPSA) is 60.9 Å². The standard InChI is InChI=1S/C16H26N2O3/c19-15(20)11-12-6-9-17(10-7-12)16(21)18-8-2-4-13-3-1-5-14(13)18/h12-14H,1-11H2,(H,19,20). The number of carboxylic acid groups (broad SMARTS) is 1. The number of rotatable bonds is 2. The molecule has 1 saturated carbocycles. The fourth-order valence-corrected chi connectivity index (χ4v) is 4.45. The Hall–Kier alpha value is -1.26. The monoisotopic (exact) mass is 294 g/mol. The molecule has 3 fully saturated rings. The Morgan fingerprint density at radius 2 is 1.67 bits per heavy atom. The Bertz CT molecular complexity index is 404. The molecule has 5 nitrogen and oxygen atoms in total. The quantitative estimate of drug-likeness (QED) is 0.851. The van der Waals surface area contributed by atoms with Gasteiger partial charge in [-0.15, -0.1) is 0 Å². The molecule has 118 valence electrons. The molecule has 0 spiro atoms. The molecule has 2 saturated heterocycles. The van der Waals surface area contributed by atoms with Crippen LogP contribution in [-0.2, 0) is 4.79 Å². The van der Waals surface area contributed by atoms with Crippen LogP contribution < -0.4 is 0 Å². The third kappa shape index (κ3) is 3.16. The zero-order valence-electron chi connectivity index (χ0n) is 12.7. The van der Waals surface area contributed by atoms with E-state index >= 15 is 0 Å². The first-order chi connectivity index (χ1) is 10.1. The molecular formula is C16H26N2O3. The maximum Gasteiger partial charge on any atom is 0.320 e. The minimum Gasteiger partial charge on any atom is -0.481 e. The molecule has 3 aliphatic rings. The van der Waals surface area contributed by atoms with E-state index in [4.69, 9.17) is 5.11 Å². The van der Waals surface area contributed by atoms with Crippen LogP contribution in [0.4, 0.5) is 4.79 Å².